The van der Waals surface area contributed by atoms with Crippen LogP contribution >= 0.6 is 0 Å². The predicted octanol–water partition coefficient (Wildman–Crippen LogP) is 3.23. The average molecular weight is 246 g/mol. The summed E-state index contributed by atoms with van der Waals surface area (Å²) >= 11 is 0. The molecule has 2 nitrogen and oxygen atoms in total. The van der Waals surface area contributed by atoms with E-state index in [1.807, 2.05) is 30.3 Å². The highest BCUT2D eigenvalue weighted by atomic mass is 16.3. The first-order valence-corrected chi connectivity index (χ1v) is 6.80. The van der Waals surface area contributed by atoms with Crippen LogP contribution in [0.4, 0.5) is 0 Å². The maximum atomic E-state index is 12.6. The van der Waals surface area contributed by atoms with E-state index in [9.17, 15) is 9.90 Å². The fourth-order valence-corrected chi connectivity index (χ4v) is 3.23. The molecule has 1 atom stereocenters. The first kappa shape index (κ1) is 13.3. The Bertz CT molecular complexity index is 416. The first-order chi connectivity index (χ1) is 8.48. The summed E-state index contributed by atoms with van der Waals surface area (Å²) in [6, 6.07) is 9.78. The molecule has 1 saturated carbocycles. The number of aliphatic hydroxyl groups is 1. The van der Waals surface area contributed by atoms with E-state index in [0.717, 1.165) is 31.2 Å². The molecule has 2 heteroatoms. The maximum Gasteiger partial charge on any atom is 0.146 e. The van der Waals surface area contributed by atoms with Crippen LogP contribution in [0.5, 0.6) is 0 Å². The van der Waals surface area contributed by atoms with Gasteiger partial charge in [0.05, 0.1) is 11.0 Å². The number of ketones is 1. The van der Waals surface area contributed by atoms with Crippen molar-refractivity contribution in [2.24, 2.45) is 0 Å². The molecule has 0 radical (unpaired) electrons. The van der Waals surface area contributed by atoms with Gasteiger partial charge in [0.25, 0.3) is 0 Å². The van der Waals surface area contributed by atoms with Crippen molar-refractivity contribution < 1.29 is 9.90 Å². The fourth-order valence-electron chi connectivity index (χ4n) is 3.23. The van der Waals surface area contributed by atoms with E-state index in [2.05, 4.69) is 0 Å². The first-order valence-electron chi connectivity index (χ1n) is 6.80. The summed E-state index contributed by atoms with van der Waals surface area (Å²) in [5.41, 5.74) is -0.787. The van der Waals surface area contributed by atoms with E-state index in [-0.39, 0.29) is 5.78 Å². The molecule has 98 valence electrons. The normalized spacial score (nSPS) is 25.8. The molecule has 18 heavy (non-hydrogen) atoms. The Morgan fingerprint density at radius 2 is 1.78 bits per heavy atom. The molecule has 1 aliphatic carbocycles. The Hall–Kier alpha value is -1.15. The van der Waals surface area contributed by atoms with E-state index in [1.54, 1.807) is 13.8 Å². The third kappa shape index (κ3) is 2.10. The van der Waals surface area contributed by atoms with Gasteiger partial charge in [0.15, 0.2) is 0 Å². The summed E-state index contributed by atoms with van der Waals surface area (Å²) in [6.07, 6.45) is 4.36. The molecule has 0 aromatic heterocycles. The Morgan fingerprint density at radius 1 is 1.11 bits per heavy atom. The molecule has 1 N–H and O–H groups in total. The van der Waals surface area contributed by atoms with Crippen molar-refractivity contribution in [3.8, 4) is 0 Å². The van der Waals surface area contributed by atoms with E-state index in [4.69, 9.17) is 0 Å². The summed E-state index contributed by atoms with van der Waals surface area (Å²) in [6.45, 7) is 3.53. The van der Waals surface area contributed by atoms with Gasteiger partial charge in [-0.05, 0) is 32.3 Å². The number of Topliss-reactive ketones (excluding diaryl/α,β-unsaturated/α-hetero) is 1. The van der Waals surface area contributed by atoms with Crippen LogP contribution in [0.3, 0.4) is 0 Å². The fraction of sp³-hybridized carbons (Fsp3) is 0.562. The van der Waals surface area contributed by atoms with Gasteiger partial charge < -0.3 is 5.11 Å². The zero-order valence-electron chi connectivity index (χ0n) is 11.3. The zero-order valence-corrected chi connectivity index (χ0v) is 11.3. The monoisotopic (exact) mass is 246 g/mol. The minimum Gasteiger partial charge on any atom is -0.389 e. The van der Waals surface area contributed by atoms with E-state index >= 15 is 0 Å². The molecular formula is C16H22O2. The van der Waals surface area contributed by atoms with Crippen LogP contribution in [0.2, 0.25) is 0 Å². The van der Waals surface area contributed by atoms with Crippen LogP contribution in [0.1, 0.15) is 51.5 Å². The molecule has 0 spiro atoms. The molecule has 0 saturated heterocycles. The number of benzene rings is 1. The van der Waals surface area contributed by atoms with Gasteiger partial charge in [-0.2, -0.15) is 0 Å². The number of hydrogen-bond acceptors (Lipinski definition) is 2. The lowest BCUT2D eigenvalue weighted by molar-refractivity contribution is -0.134. The number of carbonyl (C=O) groups is 1. The summed E-state index contributed by atoms with van der Waals surface area (Å²) in [5.74, 6) is 0.193. The van der Waals surface area contributed by atoms with Crippen molar-refractivity contribution in [2.75, 3.05) is 0 Å². The SMILES string of the molecule is CC(C)(O)[C@]1(c2ccccc2)CCCCCC1=O. The molecule has 2 rings (SSSR count). The summed E-state index contributed by atoms with van der Waals surface area (Å²) in [7, 11) is 0. The molecule has 0 heterocycles. The van der Waals surface area contributed by atoms with E-state index in [1.165, 1.54) is 0 Å². The van der Waals surface area contributed by atoms with Gasteiger partial charge in [0.1, 0.15) is 5.78 Å². The van der Waals surface area contributed by atoms with Crippen molar-refractivity contribution in [1.82, 2.24) is 0 Å². The largest absolute Gasteiger partial charge is 0.389 e. The van der Waals surface area contributed by atoms with Crippen molar-refractivity contribution in [3.63, 3.8) is 0 Å². The summed E-state index contributed by atoms with van der Waals surface area (Å²) < 4.78 is 0. The predicted molar refractivity (Wildman–Crippen MR) is 72.5 cm³/mol. The van der Waals surface area contributed by atoms with E-state index < -0.39 is 11.0 Å². The smallest absolute Gasteiger partial charge is 0.146 e. The lowest BCUT2D eigenvalue weighted by atomic mass is 9.63. The van der Waals surface area contributed by atoms with Crippen molar-refractivity contribution >= 4 is 5.78 Å². The third-order valence-corrected chi connectivity index (χ3v) is 4.24. The van der Waals surface area contributed by atoms with Crippen molar-refractivity contribution in [3.05, 3.63) is 35.9 Å². The van der Waals surface area contributed by atoms with Crippen LogP contribution in [0, 0.1) is 0 Å². The highest BCUT2D eigenvalue weighted by Crippen LogP contribution is 2.43. The minimum absolute atomic E-state index is 0.193. The minimum atomic E-state index is -1.02. The van der Waals surface area contributed by atoms with Crippen LogP contribution in [-0.4, -0.2) is 16.5 Å². The molecule has 0 amide bonds. The summed E-state index contributed by atoms with van der Waals surface area (Å²) in [5, 5.41) is 10.6. The van der Waals surface area contributed by atoms with Crippen molar-refractivity contribution in [1.29, 1.82) is 0 Å². The third-order valence-electron chi connectivity index (χ3n) is 4.24. The second-order valence-electron chi connectivity index (χ2n) is 5.81. The van der Waals surface area contributed by atoms with Gasteiger partial charge in [-0.15, -0.1) is 0 Å². The lowest BCUT2D eigenvalue weighted by Crippen LogP contribution is -2.52. The molecular weight excluding hydrogens is 224 g/mol. The Morgan fingerprint density at radius 3 is 2.39 bits per heavy atom. The number of hydrogen-bond donors (Lipinski definition) is 1. The van der Waals surface area contributed by atoms with E-state index in [0.29, 0.717) is 6.42 Å². The second kappa shape index (κ2) is 4.85. The molecule has 0 aliphatic heterocycles. The lowest BCUT2D eigenvalue weighted by Gasteiger charge is -2.42. The topological polar surface area (TPSA) is 37.3 Å². The van der Waals surface area contributed by atoms with Crippen molar-refractivity contribution in [2.45, 2.75) is 57.0 Å². The standard InChI is InChI=1S/C16H22O2/c1-15(2,18)16(13-9-5-3-6-10-13)12-8-4-7-11-14(16)17/h3,5-6,9-10,18H,4,7-8,11-12H2,1-2H3/t16-/m0/s1. The van der Waals surface area contributed by atoms with Gasteiger partial charge >= 0.3 is 0 Å². The van der Waals surface area contributed by atoms with Crippen LogP contribution in [0.25, 0.3) is 0 Å². The van der Waals surface area contributed by atoms with Gasteiger partial charge in [-0.3, -0.25) is 4.79 Å². The molecule has 1 aliphatic rings. The number of carbonyl (C=O) groups excluding carboxylic acids is 1. The number of rotatable bonds is 2. The quantitative estimate of drug-likeness (QED) is 0.813. The molecule has 1 aromatic carbocycles. The molecule has 1 aromatic rings. The van der Waals surface area contributed by atoms with Crippen LogP contribution in [-0.2, 0) is 10.2 Å². The molecule has 0 bridgehead atoms. The van der Waals surface area contributed by atoms with Gasteiger partial charge in [-0.1, -0.05) is 43.2 Å². The van der Waals surface area contributed by atoms with Crippen LogP contribution in [0.15, 0.2) is 30.3 Å². The van der Waals surface area contributed by atoms with Gasteiger partial charge in [-0.25, -0.2) is 0 Å². The Balaban J connectivity index is 2.56. The van der Waals surface area contributed by atoms with Gasteiger partial charge in [0.2, 0.25) is 0 Å². The Kier molecular flexibility index (Phi) is 3.58. The van der Waals surface area contributed by atoms with Gasteiger partial charge in [0, 0.05) is 6.42 Å². The molecule has 1 fully saturated rings. The second-order valence-corrected chi connectivity index (χ2v) is 5.81. The highest BCUT2D eigenvalue weighted by molar-refractivity contribution is 5.91. The Labute approximate surface area is 109 Å². The molecule has 0 unspecified atom stereocenters. The average Bonchev–Trinajstić information content (AvgIpc) is 2.52. The summed E-state index contributed by atoms with van der Waals surface area (Å²) in [4.78, 5) is 12.6. The highest BCUT2D eigenvalue weighted by Gasteiger charge is 2.50. The zero-order chi connectivity index (χ0) is 13.2. The maximum absolute atomic E-state index is 12.6. The van der Waals surface area contributed by atoms with Crippen LogP contribution < -0.4 is 0 Å².